The maximum Gasteiger partial charge on any atom is 0.276 e. The molecule has 3 N–H and O–H groups in total. The first-order valence-corrected chi connectivity index (χ1v) is 7.97. The zero-order valence-electron chi connectivity index (χ0n) is 12.8. The summed E-state index contributed by atoms with van der Waals surface area (Å²) < 4.78 is 5.36. The molecule has 0 amide bonds. The molecular weight excluding hydrogens is 349 g/mol. The van der Waals surface area contributed by atoms with Crippen molar-refractivity contribution in [3.05, 3.63) is 41.2 Å². The fourth-order valence-electron chi connectivity index (χ4n) is 2.96. The first-order valence-electron chi connectivity index (χ1n) is 7.59. The number of rotatable bonds is 3. The average Bonchev–Trinajstić information content (AvgIpc) is 3.28. The van der Waals surface area contributed by atoms with Crippen molar-refractivity contribution in [1.82, 2.24) is 20.3 Å². The normalized spacial score (nSPS) is 16.1. The molecule has 0 aliphatic heterocycles. The Labute approximate surface area is 150 Å². The lowest BCUT2D eigenvalue weighted by Gasteiger charge is -2.17. The van der Waals surface area contributed by atoms with Gasteiger partial charge in [-0.25, -0.2) is 0 Å². The van der Waals surface area contributed by atoms with Crippen LogP contribution < -0.4 is 5.73 Å². The highest BCUT2D eigenvalue weighted by Crippen LogP contribution is 2.35. The molecule has 1 aliphatic rings. The summed E-state index contributed by atoms with van der Waals surface area (Å²) in [5.74, 6) is 0.983. The third-order valence-electron chi connectivity index (χ3n) is 4.32. The largest absolute Gasteiger partial charge is 0.332 e. The van der Waals surface area contributed by atoms with E-state index < -0.39 is 5.54 Å². The number of H-pyrrole nitrogens is 1. The van der Waals surface area contributed by atoms with Crippen LogP contribution >= 0.6 is 24.0 Å². The van der Waals surface area contributed by atoms with E-state index >= 15 is 0 Å². The van der Waals surface area contributed by atoms with Gasteiger partial charge in [-0.15, -0.1) is 12.4 Å². The van der Waals surface area contributed by atoms with Crippen LogP contribution in [0.5, 0.6) is 0 Å². The highest BCUT2D eigenvalue weighted by atomic mass is 35.5. The standard InChI is InChI=1S/C16H16ClN5O.ClH/c17-11-5-3-10(4-6-11)12-9-13(21-20-12)14-19-15(22-23-14)16(18)7-1-2-8-16;/h3-6,9H,1-2,7-8,18H2,(H,20,21);1H. The van der Waals surface area contributed by atoms with Crippen LogP contribution in [0.2, 0.25) is 5.02 Å². The van der Waals surface area contributed by atoms with Crippen molar-refractivity contribution in [3.8, 4) is 22.8 Å². The Morgan fingerprint density at radius 1 is 1.17 bits per heavy atom. The van der Waals surface area contributed by atoms with E-state index in [1.54, 1.807) is 0 Å². The highest BCUT2D eigenvalue weighted by Gasteiger charge is 2.36. The van der Waals surface area contributed by atoms with E-state index in [2.05, 4.69) is 20.3 Å². The van der Waals surface area contributed by atoms with Crippen LogP contribution in [0.25, 0.3) is 22.8 Å². The van der Waals surface area contributed by atoms with Crippen molar-refractivity contribution in [3.63, 3.8) is 0 Å². The third-order valence-corrected chi connectivity index (χ3v) is 4.57. The Bertz CT molecular complexity index is 821. The first-order chi connectivity index (χ1) is 11.1. The Kier molecular flexibility index (Phi) is 4.62. The molecule has 2 heterocycles. The van der Waals surface area contributed by atoms with Crippen molar-refractivity contribution >= 4 is 24.0 Å². The lowest BCUT2D eigenvalue weighted by atomic mass is 9.99. The van der Waals surface area contributed by atoms with Crippen LogP contribution in [0.3, 0.4) is 0 Å². The van der Waals surface area contributed by atoms with Crippen LogP contribution in [0.1, 0.15) is 31.5 Å². The number of halogens is 2. The molecule has 6 nitrogen and oxygen atoms in total. The number of nitrogens with zero attached hydrogens (tertiary/aromatic N) is 3. The molecule has 0 unspecified atom stereocenters. The number of benzene rings is 1. The quantitative estimate of drug-likeness (QED) is 0.733. The molecule has 0 saturated heterocycles. The van der Waals surface area contributed by atoms with Crippen molar-refractivity contribution < 1.29 is 4.52 Å². The van der Waals surface area contributed by atoms with Gasteiger partial charge in [0.25, 0.3) is 5.89 Å². The second-order valence-corrected chi connectivity index (χ2v) is 6.40. The third kappa shape index (κ3) is 3.05. The molecule has 3 aromatic rings. The Balaban J connectivity index is 0.00000169. The smallest absolute Gasteiger partial charge is 0.276 e. The molecule has 0 radical (unpaired) electrons. The minimum Gasteiger partial charge on any atom is -0.332 e. The lowest BCUT2D eigenvalue weighted by Crippen LogP contribution is -2.34. The van der Waals surface area contributed by atoms with Crippen molar-refractivity contribution in [2.75, 3.05) is 0 Å². The summed E-state index contributed by atoms with van der Waals surface area (Å²) in [5.41, 5.74) is 8.33. The predicted molar refractivity (Wildman–Crippen MR) is 93.9 cm³/mol. The molecule has 24 heavy (non-hydrogen) atoms. The molecule has 1 aromatic carbocycles. The van der Waals surface area contributed by atoms with E-state index in [1.165, 1.54) is 0 Å². The number of nitrogens with one attached hydrogen (secondary N) is 1. The van der Waals surface area contributed by atoms with E-state index in [0.717, 1.165) is 36.9 Å². The van der Waals surface area contributed by atoms with Gasteiger partial charge in [0, 0.05) is 10.6 Å². The lowest BCUT2D eigenvalue weighted by molar-refractivity contribution is 0.372. The molecule has 1 fully saturated rings. The zero-order chi connectivity index (χ0) is 15.9. The molecule has 1 aliphatic carbocycles. The monoisotopic (exact) mass is 365 g/mol. The molecule has 0 spiro atoms. The van der Waals surface area contributed by atoms with Gasteiger partial charge in [0.1, 0.15) is 5.69 Å². The molecule has 126 valence electrons. The summed E-state index contributed by atoms with van der Waals surface area (Å²) in [6.45, 7) is 0. The summed E-state index contributed by atoms with van der Waals surface area (Å²) in [4.78, 5) is 4.46. The van der Waals surface area contributed by atoms with E-state index in [-0.39, 0.29) is 12.4 Å². The summed E-state index contributed by atoms with van der Waals surface area (Å²) in [6, 6.07) is 9.35. The SMILES string of the molecule is Cl.NC1(c2noc(-c3cc(-c4ccc(Cl)cc4)n[nH]3)n2)CCCC1. The highest BCUT2D eigenvalue weighted by molar-refractivity contribution is 6.30. The fourth-order valence-corrected chi connectivity index (χ4v) is 3.09. The number of hydrogen-bond donors (Lipinski definition) is 2. The van der Waals surface area contributed by atoms with Gasteiger partial charge in [-0.1, -0.05) is 41.7 Å². The van der Waals surface area contributed by atoms with Crippen molar-refractivity contribution in [2.45, 2.75) is 31.2 Å². The van der Waals surface area contributed by atoms with Gasteiger partial charge in [0.15, 0.2) is 5.82 Å². The number of aromatic amines is 1. The maximum atomic E-state index is 6.36. The van der Waals surface area contributed by atoms with Crippen molar-refractivity contribution in [1.29, 1.82) is 0 Å². The number of aromatic nitrogens is 4. The molecule has 1 saturated carbocycles. The second-order valence-electron chi connectivity index (χ2n) is 5.96. The van der Waals surface area contributed by atoms with E-state index in [4.69, 9.17) is 21.9 Å². The van der Waals surface area contributed by atoms with E-state index in [1.807, 2.05) is 30.3 Å². The Morgan fingerprint density at radius 3 is 2.58 bits per heavy atom. The van der Waals surface area contributed by atoms with Gasteiger partial charge >= 0.3 is 0 Å². The van der Waals surface area contributed by atoms with Crippen LogP contribution in [0.4, 0.5) is 0 Å². The molecule has 8 heteroatoms. The molecule has 0 bridgehead atoms. The summed E-state index contributed by atoms with van der Waals surface area (Å²) >= 11 is 5.90. The molecule has 2 aromatic heterocycles. The van der Waals surface area contributed by atoms with E-state index in [9.17, 15) is 0 Å². The maximum absolute atomic E-state index is 6.36. The number of nitrogens with two attached hydrogens (primary N) is 1. The molecule has 0 atom stereocenters. The van der Waals surface area contributed by atoms with Crippen molar-refractivity contribution in [2.24, 2.45) is 5.73 Å². The number of hydrogen-bond acceptors (Lipinski definition) is 5. The summed E-state index contributed by atoms with van der Waals surface area (Å²) in [7, 11) is 0. The fraction of sp³-hybridized carbons (Fsp3) is 0.312. The second kappa shape index (κ2) is 6.55. The van der Waals surface area contributed by atoms with Gasteiger partial charge in [-0.05, 0) is 31.0 Å². The van der Waals surface area contributed by atoms with Crippen LogP contribution in [-0.4, -0.2) is 20.3 Å². The summed E-state index contributed by atoms with van der Waals surface area (Å²) in [5, 5.41) is 12.0. The minimum absolute atomic E-state index is 0. The van der Waals surface area contributed by atoms with Gasteiger partial charge in [-0.2, -0.15) is 10.1 Å². The zero-order valence-corrected chi connectivity index (χ0v) is 14.4. The van der Waals surface area contributed by atoms with Gasteiger partial charge < -0.3 is 10.3 Å². The predicted octanol–water partition coefficient (Wildman–Crippen LogP) is 3.93. The Hall–Kier alpha value is -1.89. The first kappa shape index (κ1) is 17.0. The molecule has 4 rings (SSSR count). The minimum atomic E-state index is -0.458. The van der Waals surface area contributed by atoms with Crippen LogP contribution in [0, 0.1) is 0 Å². The van der Waals surface area contributed by atoms with Gasteiger partial charge in [-0.3, -0.25) is 5.10 Å². The van der Waals surface area contributed by atoms with Gasteiger partial charge in [0.05, 0.1) is 11.2 Å². The van der Waals surface area contributed by atoms with Crippen LogP contribution in [0.15, 0.2) is 34.9 Å². The van der Waals surface area contributed by atoms with E-state index in [0.29, 0.717) is 22.4 Å². The Morgan fingerprint density at radius 2 is 1.88 bits per heavy atom. The topological polar surface area (TPSA) is 93.6 Å². The summed E-state index contributed by atoms with van der Waals surface area (Å²) in [6.07, 6.45) is 3.99. The average molecular weight is 366 g/mol. The van der Waals surface area contributed by atoms with Gasteiger partial charge in [0.2, 0.25) is 0 Å². The van der Waals surface area contributed by atoms with Crippen LogP contribution in [-0.2, 0) is 5.54 Å². The molecular formula is C16H17Cl2N5O.